The van der Waals surface area contributed by atoms with Crippen LogP contribution in [0.15, 0.2) is 54.6 Å². The smallest absolute Gasteiger partial charge is 0.340 e. The number of hydrogen-bond acceptors (Lipinski definition) is 2. The fraction of sp³-hybridized carbons (Fsp3) is 0.238. The summed E-state index contributed by atoms with van der Waals surface area (Å²) in [6, 6.07) is 12.4. The van der Waals surface area contributed by atoms with Crippen LogP contribution in [-0.2, 0) is 11.0 Å². The van der Waals surface area contributed by atoms with Crippen molar-refractivity contribution in [3.63, 3.8) is 0 Å². The summed E-state index contributed by atoms with van der Waals surface area (Å²) in [6.07, 6.45) is -0.00887. The first-order chi connectivity index (χ1) is 13.4. The molecule has 0 spiro atoms. The van der Waals surface area contributed by atoms with Gasteiger partial charge in [-0.05, 0) is 48.7 Å². The molecular weight excluding hydrogens is 367 g/mol. The lowest BCUT2D eigenvalue weighted by molar-refractivity contribution is -0.137. The molecule has 0 bridgehead atoms. The van der Waals surface area contributed by atoms with E-state index >= 15 is 0 Å². The molecule has 1 aliphatic rings. The number of alkyl halides is 3. The second kappa shape index (κ2) is 7.14. The standard InChI is InChI=1S/C21H18F3N3O/c22-21(23,24)15-6-3-5-14(13-15)10-11-19(28)27-12-4-9-18(27)20-25-16-7-1-2-8-17(16)26-20/h1-3,5-8,10-11,13,18H,4,9,12H2,(H,25,26)/b11-10+. The second-order valence-electron chi connectivity index (χ2n) is 6.79. The largest absolute Gasteiger partial charge is 0.416 e. The third kappa shape index (κ3) is 3.65. The van der Waals surface area contributed by atoms with Crippen LogP contribution < -0.4 is 0 Å². The minimum atomic E-state index is -4.41. The quantitative estimate of drug-likeness (QED) is 0.648. The molecule has 1 saturated heterocycles. The number of nitrogens with zero attached hydrogens (tertiary/aromatic N) is 2. The monoisotopic (exact) mass is 385 g/mol. The summed E-state index contributed by atoms with van der Waals surface area (Å²) in [6.45, 7) is 0.591. The first kappa shape index (κ1) is 18.3. The second-order valence-corrected chi connectivity index (χ2v) is 6.79. The van der Waals surface area contributed by atoms with Crippen LogP contribution in [0.3, 0.4) is 0 Å². The van der Waals surface area contributed by atoms with Crippen LogP contribution in [0.1, 0.15) is 35.8 Å². The SMILES string of the molecule is O=C(/C=C/c1cccc(C(F)(F)F)c1)N1CCCC1c1nc2ccccc2[nH]1. The summed E-state index contributed by atoms with van der Waals surface area (Å²) < 4.78 is 38.5. The van der Waals surface area contributed by atoms with Gasteiger partial charge in [-0.3, -0.25) is 4.79 Å². The van der Waals surface area contributed by atoms with Crippen molar-refractivity contribution in [3.8, 4) is 0 Å². The molecule has 144 valence electrons. The number of nitrogens with one attached hydrogen (secondary N) is 1. The Labute approximate surface area is 159 Å². The molecule has 1 aromatic heterocycles. The number of aromatic amines is 1. The maximum atomic E-state index is 12.8. The molecule has 1 fully saturated rings. The summed E-state index contributed by atoms with van der Waals surface area (Å²) in [7, 11) is 0. The third-order valence-electron chi connectivity index (χ3n) is 4.89. The summed E-state index contributed by atoms with van der Waals surface area (Å²) in [4.78, 5) is 22.2. The van der Waals surface area contributed by atoms with Crippen molar-refractivity contribution in [1.82, 2.24) is 14.9 Å². The number of para-hydroxylation sites is 2. The van der Waals surface area contributed by atoms with Crippen LogP contribution >= 0.6 is 0 Å². The molecule has 1 unspecified atom stereocenters. The van der Waals surface area contributed by atoms with E-state index in [1.54, 1.807) is 11.0 Å². The molecular formula is C21H18F3N3O. The van der Waals surface area contributed by atoms with Gasteiger partial charge < -0.3 is 9.88 Å². The Morgan fingerprint density at radius 3 is 2.79 bits per heavy atom. The summed E-state index contributed by atoms with van der Waals surface area (Å²) in [5.41, 5.74) is 1.36. The number of fused-ring (bicyclic) bond motifs is 1. The highest BCUT2D eigenvalue weighted by Crippen LogP contribution is 2.32. The van der Waals surface area contributed by atoms with Crippen LogP contribution in [0.4, 0.5) is 13.2 Å². The van der Waals surface area contributed by atoms with Crippen LogP contribution in [0.25, 0.3) is 17.1 Å². The molecule has 2 aromatic carbocycles. The Bertz CT molecular complexity index is 1010. The summed E-state index contributed by atoms with van der Waals surface area (Å²) in [5.74, 6) is 0.500. The third-order valence-corrected chi connectivity index (χ3v) is 4.89. The number of imidazole rings is 1. The molecule has 4 nitrogen and oxygen atoms in total. The molecule has 1 N–H and O–H groups in total. The first-order valence-corrected chi connectivity index (χ1v) is 9.02. The number of amides is 1. The van der Waals surface area contributed by atoms with Crippen molar-refractivity contribution >= 4 is 23.0 Å². The topological polar surface area (TPSA) is 49.0 Å². The number of H-pyrrole nitrogens is 1. The van der Waals surface area contributed by atoms with Gasteiger partial charge >= 0.3 is 6.18 Å². The molecule has 1 aliphatic heterocycles. The number of benzene rings is 2. The Hall–Kier alpha value is -3.09. The van der Waals surface area contributed by atoms with Gasteiger partial charge in [-0.15, -0.1) is 0 Å². The van der Waals surface area contributed by atoms with E-state index in [1.807, 2.05) is 24.3 Å². The molecule has 28 heavy (non-hydrogen) atoms. The lowest BCUT2D eigenvalue weighted by atomic mass is 10.1. The predicted octanol–water partition coefficient (Wildman–Crippen LogP) is 4.96. The molecule has 3 aromatic rings. The van der Waals surface area contributed by atoms with Gasteiger partial charge in [-0.2, -0.15) is 13.2 Å². The Morgan fingerprint density at radius 2 is 2.00 bits per heavy atom. The zero-order chi connectivity index (χ0) is 19.7. The molecule has 0 radical (unpaired) electrons. The Balaban J connectivity index is 1.53. The van der Waals surface area contributed by atoms with Crippen molar-refractivity contribution in [2.24, 2.45) is 0 Å². The van der Waals surface area contributed by atoms with E-state index in [0.29, 0.717) is 12.1 Å². The van der Waals surface area contributed by atoms with Gasteiger partial charge in [-0.25, -0.2) is 4.98 Å². The lowest BCUT2D eigenvalue weighted by Gasteiger charge is -2.21. The molecule has 7 heteroatoms. The highest BCUT2D eigenvalue weighted by atomic mass is 19.4. The van der Waals surface area contributed by atoms with Gasteiger partial charge in [0.15, 0.2) is 0 Å². The van der Waals surface area contributed by atoms with Crippen LogP contribution in [0.2, 0.25) is 0 Å². The van der Waals surface area contributed by atoms with E-state index in [2.05, 4.69) is 9.97 Å². The number of carbonyl (C=O) groups excluding carboxylic acids is 1. The van der Waals surface area contributed by atoms with Gasteiger partial charge in [0, 0.05) is 12.6 Å². The number of likely N-dealkylation sites (tertiary alicyclic amines) is 1. The van der Waals surface area contributed by atoms with Gasteiger partial charge in [0.05, 0.1) is 22.6 Å². The average Bonchev–Trinajstić information content (AvgIpc) is 3.32. The van der Waals surface area contributed by atoms with E-state index in [1.165, 1.54) is 18.2 Å². The molecule has 2 heterocycles. The van der Waals surface area contributed by atoms with Crippen molar-refractivity contribution in [2.75, 3.05) is 6.54 Å². The van der Waals surface area contributed by atoms with Gasteiger partial charge in [-0.1, -0.05) is 24.3 Å². The van der Waals surface area contributed by atoms with Crippen molar-refractivity contribution in [2.45, 2.75) is 25.1 Å². The molecule has 1 atom stereocenters. The summed E-state index contributed by atoms with van der Waals surface area (Å²) in [5, 5.41) is 0. The van der Waals surface area contributed by atoms with Crippen LogP contribution in [-0.4, -0.2) is 27.3 Å². The minimum absolute atomic E-state index is 0.161. The Kier molecular flexibility index (Phi) is 4.66. The first-order valence-electron chi connectivity index (χ1n) is 9.02. The van der Waals surface area contributed by atoms with Crippen molar-refractivity contribution < 1.29 is 18.0 Å². The van der Waals surface area contributed by atoms with E-state index in [4.69, 9.17) is 0 Å². The number of rotatable bonds is 3. The zero-order valence-corrected chi connectivity index (χ0v) is 14.9. The fourth-order valence-corrected chi connectivity index (χ4v) is 3.53. The minimum Gasteiger partial charge on any atom is -0.340 e. The van der Waals surface area contributed by atoms with Gasteiger partial charge in [0.2, 0.25) is 5.91 Å². The number of aromatic nitrogens is 2. The molecule has 4 rings (SSSR count). The molecule has 1 amide bonds. The van der Waals surface area contributed by atoms with E-state index in [9.17, 15) is 18.0 Å². The number of hydrogen-bond donors (Lipinski definition) is 1. The fourth-order valence-electron chi connectivity index (χ4n) is 3.53. The van der Waals surface area contributed by atoms with Gasteiger partial charge in [0.25, 0.3) is 0 Å². The van der Waals surface area contributed by atoms with Crippen LogP contribution in [0.5, 0.6) is 0 Å². The normalized spacial score (nSPS) is 17.7. The highest BCUT2D eigenvalue weighted by Gasteiger charge is 2.32. The van der Waals surface area contributed by atoms with Crippen LogP contribution in [0, 0.1) is 0 Å². The van der Waals surface area contributed by atoms with E-state index in [-0.39, 0.29) is 11.9 Å². The highest BCUT2D eigenvalue weighted by molar-refractivity contribution is 5.92. The van der Waals surface area contributed by atoms with Crippen molar-refractivity contribution in [1.29, 1.82) is 0 Å². The predicted molar refractivity (Wildman–Crippen MR) is 100 cm³/mol. The van der Waals surface area contributed by atoms with Gasteiger partial charge in [0.1, 0.15) is 5.82 Å². The maximum Gasteiger partial charge on any atom is 0.416 e. The zero-order valence-electron chi connectivity index (χ0n) is 14.9. The maximum absolute atomic E-state index is 12.8. The number of carbonyl (C=O) groups is 1. The molecule has 0 aliphatic carbocycles. The van der Waals surface area contributed by atoms with Crippen molar-refractivity contribution in [3.05, 3.63) is 71.6 Å². The number of halogens is 3. The summed E-state index contributed by atoms with van der Waals surface area (Å²) >= 11 is 0. The lowest BCUT2D eigenvalue weighted by Crippen LogP contribution is -2.29. The van der Waals surface area contributed by atoms with E-state index < -0.39 is 11.7 Å². The van der Waals surface area contributed by atoms with E-state index in [0.717, 1.165) is 41.8 Å². The Morgan fingerprint density at radius 1 is 1.18 bits per heavy atom. The molecule has 0 saturated carbocycles. The average molecular weight is 385 g/mol.